The maximum atomic E-state index is 12.7. The third-order valence-corrected chi connectivity index (χ3v) is 7.17. The van der Waals surface area contributed by atoms with Crippen LogP contribution in [-0.4, -0.2) is 57.2 Å². The van der Waals surface area contributed by atoms with Gasteiger partial charge in [0, 0.05) is 25.8 Å². The average molecular weight is 400 g/mol. The molecule has 1 aliphatic rings. The van der Waals surface area contributed by atoms with Crippen LogP contribution in [0.4, 0.5) is 5.69 Å². The Morgan fingerprint density at radius 1 is 1.15 bits per heavy atom. The highest BCUT2D eigenvalue weighted by atomic mass is 32.2. The van der Waals surface area contributed by atoms with Gasteiger partial charge in [-0.15, -0.1) is 0 Å². The SMILES string of the molecule is CCn1cc(S(=O)(=O)Nc2cccc(S(=O)(=O)N3CCOCC3)c2)cn1. The topological polar surface area (TPSA) is 111 Å². The summed E-state index contributed by atoms with van der Waals surface area (Å²) >= 11 is 0. The van der Waals surface area contributed by atoms with Crippen LogP contribution in [0.5, 0.6) is 0 Å². The summed E-state index contributed by atoms with van der Waals surface area (Å²) in [4.78, 5) is 0.0460. The first-order chi connectivity index (χ1) is 12.3. The zero-order chi connectivity index (χ0) is 18.8. The van der Waals surface area contributed by atoms with Crippen molar-refractivity contribution in [3.63, 3.8) is 0 Å². The van der Waals surface area contributed by atoms with Gasteiger partial charge < -0.3 is 4.74 Å². The minimum absolute atomic E-state index is 0.0146. The molecule has 26 heavy (non-hydrogen) atoms. The van der Waals surface area contributed by atoms with Gasteiger partial charge in [0.15, 0.2) is 0 Å². The van der Waals surface area contributed by atoms with E-state index < -0.39 is 20.0 Å². The normalized spacial score (nSPS) is 16.5. The van der Waals surface area contributed by atoms with E-state index >= 15 is 0 Å². The number of rotatable bonds is 6. The van der Waals surface area contributed by atoms with Crippen LogP contribution in [0.1, 0.15) is 6.92 Å². The highest BCUT2D eigenvalue weighted by Crippen LogP contribution is 2.22. The van der Waals surface area contributed by atoms with Crippen molar-refractivity contribution >= 4 is 25.7 Å². The first-order valence-electron chi connectivity index (χ1n) is 8.06. The van der Waals surface area contributed by atoms with Crippen molar-refractivity contribution in [3.8, 4) is 0 Å². The van der Waals surface area contributed by atoms with Crippen molar-refractivity contribution in [2.45, 2.75) is 23.3 Å². The molecule has 1 saturated heterocycles. The second-order valence-electron chi connectivity index (χ2n) is 5.68. The Hall–Kier alpha value is -1.95. The summed E-state index contributed by atoms with van der Waals surface area (Å²) in [5.41, 5.74) is 0.170. The lowest BCUT2D eigenvalue weighted by Crippen LogP contribution is -2.40. The highest BCUT2D eigenvalue weighted by molar-refractivity contribution is 7.92. The van der Waals surface area contributed by atoms with Gasteiger partial charge in [0.1, 0.15) is 4.90 Å². The Balaban J connectivity index is 1.85. The van der Waals surface area contributed by atoms with Gasteiger partial charge in [-0.3, -0.25) is 9.40 Å². The van der Waals surface area contributed by atoms with E-state index in [0.29, 0.717) is 19.8 Å². The Kier molecular flexibility index (Phi) is 5.32. The van der Waals surface area contributed by atoms with Gasteiger partial charge in [0.05, 0.1) is 30.0 Å². The summed E-state index contributed by atoms with van der Waals surface area (Å²) in [6.07, 6.45) is 2.66. The van der Waals surface area contributed by atoms with Crippen molar-refractivity contribution in [3.05, 3.63) is 36.7 Å². The molecule has 142 valence electrons. The molecule has 0 saturated carbocycles. The van der Waals surface area contributed by atoms with E-state index in [-0.39, 0.29) is 28.6 Å². The van der Waals surface area contributed by atoms with Gasteiger partial charge in [-0.2, -0.15) is 9.40 Å². The molecule has 0 aliphatic carbocycles. The van der Waals surface area contributed by atoms with E-state index in [2.05, 4.69) is 9.82 Å². The number of benzene rings is 1. The molecule has 11 heteroatoms. The number of nitrogens with zero attached hydrogens (tertiary/aromatic N) is 3. The van der Waals surface area contributed by atoms with Crippen molar-refractivity contribution in [1.29, 1.82) is 0 Å². The van der Waals surface area contributed by atoms with Crippen LogP contribution < -0.4 is 4.72 Å². The monoisotopic (exact) mass is 400 g/mol. The Morgan fingerprint density at radius 3 is 2.54 bits per heavy atom. The summed E-state index contributed by atoms with van der Waals surface area (Å²) in [5.74, 6) is 0. The minimum atomic E-state index is -3.85. The molecule has 3 rings (SSSR count). The third kappa shape index (κ3) is 3.90. The second-order valence-corrected chi connectivity index (χ2v) is 9.30. The molecule has 1 fully saturated rings. The molecule has 0 unspecified atom stereocenters. The number of anilines is 1. The maximum absolute atomic E-state index is 12.7. The average Bonchev–Trinajstić information content (AvgIpc) is 3.12. The van der Waals surface area contributed by atoms with Crippen LogP contribution in [0.2, 0.25) is 0 Å². The lowest BCUT2D eigenvalue weighted by molar-refractivity contribution is 0.0730. The molecule has 9 nitrogen and oxygen atoms in total. The zero-order valence-electron chi connectivity index (χ0n) is 14.2. The molecule has 0 bridgehead atoms. The standard InChI is InChI=1S/C15H20N4O5S2/c1-2-18-12-15(11-16-18)25(20,21)17-13-4-3-5-14(10-13)26(22,23)19-6-8-24-9-7-19/h3-5,10-12,17H,2,6-9H2,1H3. The predicted molar refractivity (Wildman–Crippen MR) is 94.7 cm³/mol. The molecule has 1 aromatic carbocycles. The van der Waals surface area contributed by atoms with E-state index in [0.717, 1.165) is 0 Å². The van der Waals surface area contributed by atoms with Crippen molar-refractivity contribution < 1.29 is 21.6 Å². The molecule has 1 aliphatic heterocycles. The number of ether oxygens (including phenoxy) is 1. The first-order valence-corrected chi connectivity index (χ1v) is 11.0. The summed E-state index contributed by atoms with van der Waals surface area (Å²) in [5, 5.41) is 3.94. The number of hydrogen-bond acceptors (Lipinski definition) is 6. The highest BCUT2D eigenvalue weighted by Gasteiger charge is 2.27. The lowest BCUT2D eigenvalue weighted by atomic mass is 10.3. The van der Waals surface area contributed by atoms with Gasteiger partial charge in [-0.25, -0.2) is 16.8 Å². The fourth-order valence-electron chi connectivity index (χ4n) is 2.53. The van der Waals surface area contributed by atoms with Gasteiger partial charge in [-0.1, -0.05) is 6.07 Å². The fraction of sp³-hybridized carbons (Fsp3) is 0.400. The number of aryl methyl sites for hydroxylation is 1. The summed E-state index contributed by atoms with van der Waals surface area (Å²) in [6.45, 7) is 3.61. The first kappa shape index (κ1) is 18.8. The number of sulfonamides is 2. The number of morpholine rings is 1. The maximum Gasteiger partial charge on any atom is 0.265 e. The van der Waals surface area contributed by atoms with Crippen LogP contribution >= 0.6 is 0 Å². The van der Waals surface area contributed by atoms with Crippen molar-refractivity contribution in [2.24, 2.45) is 0 Å². The third-order valence-electron chi connectivity index (χ3n) is 3.94. The number of aromatic nitrogens is 2. The molecule has 0 atom stereocenters. The van der Waals surface area contributed by atoms with Gasteiger partial charge >= 0.3 is 0 Å². The van der Waals surface area contributed by atoms with Crippen LogP contribution in [0, 0.1) is 0 Å². The molecule has 1 aromatic heterocycles. The van der Waals surface area contributed by atoms with Gasteiger partial charge in [0.25, 0.3) is 10.0 Å². The van der Waals surface area contributed by atoms with E-state index in [4.69, 9.17) is 4.74 Å². The summed E-state index contributed by atoms with van der Waals surface area (Å²) in [6, 6.07) is 5.76. The molecular weight excluding hydrogens is 380 g/mol. The van der Waals surface area contributed by atoms with Crippen LogP contribution in [0.15, 0.2) is 46.5 Å². The van der Waals surface area contributed by atoms with Crippen molar-refractivity contribution in [2.75, 3.05) is 31.0 Å². The summed E-state index contributed by atoms with van der Waals surface area (Å²) < 4.78 is 60.7. The molecule has 2 heterocycles. The summed E-state index contributed by atoms with van der Waals surface area (Å²) in [7, 11) is -7.55. The van der Waals surface area contributed by atoms with E-state index in [1.807, 2.05) is 6.92 Å². The molecule has 1 N–H and O–H groups in total. The van der Waals surface area contributed by atoms with Crippen LogP contribution in [0.25, 0.3) is 0 Å². The molecule has 2 aromatic rings. The molecule has 0 amide bonds. The lowest BCUT2D eigenvalue weighted by Gasteiger charge is -2.26. The molecule has 0 spiro atoms. The molecular formula is C15H20N4O5S2. The largest absolute Gasteiger partial charge is 0.379 e. The number of nitrogens with one attached hydrogen (secondary N) is 1. The van der Waals surface area contributed by atoms with Gasteiger partial charge in [0.2, 0.25) is 10.0 Å². The Morgan fingerprint density at radius 2 is 1.88 bits per heavy atom. The van der Waals surface area contributed by atoms with Crippen molar-refractivity contribution in [1.82, 2.24) is 14.1 Å². The fourth-order valence-corrected chi connectivity index (χ4v) is 4.98. The quantitative estimate of drug-likeness (QED) is 0.765. The Bertz CT molecular complexity index is 979. The second kappa shape index (κ2) is 7.35. The van der Waals surface area contributed by atoms with E-state index in [1.54, 1.807) is 0 Å². The predicted octanol–water partition coefficient (Wildman–Crippen LogP) is 0.725. The number of hydrogen-bond donors (Lipinski definition) is 1. The van der Waals surface area contributed by atoms with E-state index in [9.17, 15) is 16.8 Å². The molecule has 0 radical (unpaired) electrons. The van der Waals surface area contributed by atoms with Gasteiger partial charge in [-0.05, 0) is 25.1 Å². The zero-order valence-corrected chi connectivity index (χ0v) is 15.8. The van der Waals surface area contributed by atoms with E-state index in [1.165, 1.54) is 45.6 Å². The van der Waals surface area contributed by atoms with Crippen LogP contribution in [-0.2, 0) is 31.3 Å². The van der Waals surface area contributed by atoms with Crippen LogP contribution in [0.3, 0.4) is 0 Å². The Labute approximate surface area is 152 Å². The smallest absolute Gasteiger partial charge is 0.265 e. The minimum Gasteiger partial charge on any atom is -0.379 e.